The second-order valence-corrected chi connectivity index (χ2v) is 10.3. The van der Waals surface area contributed by atoms with E-state index in [1.165, 1.54) is 0 Å². The molecule has 34 heavy (non-hydrogen) atoms. The summed E-state index contributed by atoms with van der Waals surface area (Å²) < 4.78 is 5.46. The molecule has 4 rings (SSSR count). The molecule has 1 aliphatic heterocycles. The number of nitrogens with zero attached hydrogens (tertiary/aromatic N) is 1. The van der Waals surface area contributed by atoms with Crippen LogP contribution in [0.4, 0.5) is 4.79 Å². The van der Waals surface area contributed by atoms with Crippen LogP contribution in [0.5, 0.6) is 0 Å². The van der Waals surface area contributed by atoms with Gasteiger partial charge in [0.1, 0.15) is 5.60 Å². The molecule has 2 aromatic carbocycles. The molecule has 0 aliphatic carbocycles. The van der Waals surface area contributed by atoms with Crippen molar-refractivity contribution in [2.24, 2.45) is 5.92 Å². The Morgan fingerprint density at radius 1 is 1.09 bits per heavy atom. The molecule has 6 nitrogen and oxygen atoms in total. The van der Waals surface area contributed by atoms with E-state index in [-0.39, 0.29) is 23.8 Å². The van der Waals surface area contributed by atoms with Gasteiger partial charge in [-0.3, -0.25) is 4.79 Å². The van der Waals surface area contributed by atoms with Gasteiger partial charge < -0.3 is 19.9 Å². The highest BCUT2D eigenvalue weighted by atomic mass is 35.5. The Hall–Kier alpha value is -2.99. The molecule has 0 bridgehead atoms. The lowest BCUT2D eigenvalue weighted by Crippen LogP contribution is -2.45. The summed E-state index contributed by atoms with van der Waals surface area (Å²) >= 11 is 6.57. The van der Waals surface area contributed by atoms with Gasteiger partial charge in [0.05, 0.1) is 0 Å². The third-order valence-electron chi connectivity index (χ3n) is 6.28. The first-order chi connectivity index (χ1) is 16.2. The lowest BCUT2D eigenvalue weighted by Gasteiger charge is -2.33. The molecule has 3 aromatic rings. The summed E-state index contributed by atoms with van der Waals surface area (Å²) in [5.74, 6) is -0.204. The fraction of sp³-hybridized carbons (Fsp3) is 0.407. The highest BCUT2D eigenvalue weighted by Crippen LogP contribution is 2.34. The molecule has 0 radical (unpaired) electrons. The minimum Gasteiger partial charge on any atom is -0.444 e. The van der Waals surface area contributed by atoms with Crippen molar-refractivity contribution < 1.29 is 14.3 Å². The van der Waals surface area contributed by atoms with Crippen LogP contribution in [-0.2, 0) is 9.53 Å². The molecule has 0 saturated carbocycles. The molecule has 2 N–H and O–H groups in total. The largest absolute Gasteiger partial charge is 0.444 e. The van der Waals surface area contributed by atoms with Crippen molar-refractivity contribution >= 4 is 34.5 Å². The molecule has 0 spiro atoms. The van der Waals surface area contributed by atoms with Crippen LogP contribution in [-0.4, -0.2) is 47.1 Å². The minimum atomic E-state index is -0.526. The van der Waals surface area contributed by atoms with E-state index in [0.29, 0.717) is 37.5 Å². The number of aromatic nitrogens is 1. The van der Waals surface area contributed by atoms with Crippen molar-refractivity contribution in [1.29, 1.82) is 0 Å². The second-order valence-electron chi connectivity index (χ2n) is 9.85. The Morgan fingerprint density at radius 3 is 2.47 bits per heavy atom. The number of fused-ring (bicyclic) bond motifs is 1. The number of likely N-dealkylation sites (tertiary alicyclic amines) is 1. The average molecular weight is 482 g/mol. The molecule has 2 heterocycles. The Balaban J connectivity index is 1.44. The first kappa shape index (κ1) is 24.1. The third-order valence-corrected chi connectivity index (χ3v) is 6.62. The summed E-state index contributed by atoms with van der Waals surface area (Å²) in [4.78, 5) is 30.4. The number of amides is 2. The van der Waals surface area contributed by atoms with Gasteiger partial charge in [-0.1, -0.05) is 48.0 Å². The molecule has 1 aliphatic rings. The number of ether oxygens (including phenoxy) is 1. The van der Waals surface area contributed by atoms with Crippen LogP contribution in [0.15, 0.2) is 54.7 Å². The Labute approximate surface area is 205 Å². The summed E-state index contributed by atoms with van der Waals surface area (Å²) in [5, 5.41) is 4.96. The van der Waals surface area contributed by atoms with E-state index in [1.807, 2.05) is 69.4 Å². The van der Waals surface area contributed by atoms with Gasteiger partial charge >= 0.3 is 6.09 Å². The highest BCUT2D eigenvalue weighted by molar-refractivity contribution is 6.31. The quantitative estimate of drug-likeness (QED) is 0.489. The van der Waals surface area contributed by atoms with E-state index in [2.05, 4.69) is 16.4 Å². The van der Waals surface area contributed by atoms with Crippen molar-refractivity contribution in [2.45, 2.75) is 45.1 Å². The van der Waals surface area contributed by atoms with Gasteiger partial charge in [0.25, 0.3) is 0 Å². The normalized spacial score (nSPS) is 15.8. The fourth-order valence-electron chi connectivity index (χ4n) is 4.53. The maximum Gasteiger partial charge on any atom is 0.410 e. The summed E-state index contributed by atoms with van der Waals surface area (Å²) in [7, 11) is 0. The van der Waals surface area contributed by atoms with Gasteiger partial charge in [-0.15, -0.1) is 0 Å². The van der Waals surface area contributed by atoms with Gasteiger partial charge in [0.2, 0.25) is 5.91 Å². The van der Waals surface area contributed by atoms with Crippen molar-refractivity contribution in [3.8, 4) is 0 Å². The molecule has 180 valence electrons. The van der Waals surface area contributed by atoms with Crippen LogP contribution in [0.25, 0.3) is 10.9 Å². The minimum absolute atomic E-state index is 0.0146. The van der Waals surface area contributed by atoms with Gasteiger partial charge in [0, 0.05) is 53.6 Å². The van der Waals surface area contributed by atoms with E-state index in [4.69, 9.17) is 16.3 Å². The number of halogens is 1. The number of para-hydroxylation sites is 1. The van der Waals surface area contributed by atoms with E-state index in [0.717, 1.165) is 22.0 Å². The number of aromatic amines is 1. The number of H-pyrrole nitrogens is 1. The number of carbonyl (C=O) groups is 2. The average Bonchev–Trinajstić information content (AvgIpc) is 3.23. The second kappa shape index (κ2) is 10.1. The van der Waals surface area contributed by atoms with Crippen LogP contribution < -0.4 is 5.32 Å². The van der Waals surface area contributed by atoms with Gasteiger partial charge in [-0.05, 0) is 56.9 Å². The molecule has 1 fully saturated rings. The first-order valence-electron chi connectivity index (χ1n) is 11.8. The molecule has 7 heteroatoms. The van der Waals surface area contributed by atoms with Crippen molar-refractivity contribution in [1.82, 2.24) is 15.2 Å². The lowest BCUT2D eigenvalue weighted by atomic mass is 9.90. The summed E-state index contributed by atoms with van der Waals surface area (Å²) in [5.41, 5.74) is 2.61. The van der Waals surface area contributed by atoms with Crippen molar-refractivity contribution in [3.63, 3.8) is 0 Å². The van der Waals surface area contributed by atoms with Crippen LogP contribution in [0.3, 0.4) is 0 Å². The van der Waals surface area contributed by atoms with Crippen molar-refractivity contribution in [3.05, 3.63) is 70.9 Å². The van der Waals surface area contributed by atoms with Crippen LogP contribution in [0, 0.1) is 5.92 Å². The zero-order valence-corrected chi connectivity index (χ0v) is 20.7. The summed E-state index contributed by atoms with van der Waals surface area (Å²) in [6.45, 7) is 7.04. The van der Waals surface area contributed by atoms with E-state index in [1.54, 1.807) is 4.90 Å². The number of nitrogens with one attached hydrogen (secondary N) is 2. The molecule has 1 saturated heterocycles. The standard InChI is InChI=1S/C27H32ClN3O3/c1-27(2,3)34-26(33)31-14-12-18(13-15-31)25(32)30-17-21(19-8-4-6-10-23(19)28)22-16-29-24-11-7-5-9-20(22)24/h4-11,16,18,21,29H,12-15,17H2,1-3H3,(H,30,32). The Kier molecular flexibility index (Phi) is 7.17. The highest BCUT2D eigenvalue weighted by Gasteiger charge is 2.30. The van der Waals surface area contributed by atoms with E-state index < -0.39 is 5.60 Å². The van der Waals surface area contributed by atoms with Gasteiger partial charge in [-0.2, -0.15) is 0 Å². The van der Waals surface area contributed by atoms with Crippen LogP contribution >= 0.6 is 11.6 Å². The summed E-state index contributed by atoms with van der Waals surface area (Å²) in [6.07, 6.45) is 2.93. The van der Waals surface area contributed by atoms with E-state index in [9.17, 15) is 9.59 Å². The smallest absolute Gasteiger partial charge is 0.410 e. The molecular formula is C27H32ClN3O3. The molecule has 2 amide bonds. The predicted octanol–water partition coefficient (Wildman–Crippen LogP) is 5.72. The summed E-state index contributed by atoms with van der Waals surface area (Å²) in [6, 6.07) is 15.9. The van der Waals surface area contributed by atoms with Crippen molar-refractivity contribution in [2.75, 3.05) is 19.6 Å². The first-order valence-corrected chi connectivity index (χ1v) is 12.2. The Bertz CT molecular complexity index is 1160. The molecule has 1 aromatic heterocycles. The monoisotopic (exact) mass is 481 g/mol. The number of hydrogen-bond acceptors (Lipinski definition) is 3. The maximum absolute atomic E-state index is 13.1. The van der Waals surface area contributed by atoms with Gasteiger partial charge in [-0.25, -0.2) is 4.79 Å². The zero-order chi connectivity index (χ0) is 24.3. The zero-order valence-electron chi connectivity index (χ0n) is 19.9. The van der Waals surface area contributed by atoms with Gasteiger partial charge in [0.15, 0.2) is 0 Å². The number of carbonyl (C=O) groups excluding carboxylic acids is 2. The fourth-order valence-corrected chi connectivity index (χ4v) is 4.79. The molecular weight excluding hydrogens is 450 g/mol. The molecule has 1 unspecified atom stereocenters. The maximum atomic E-state index is 13.1. The van der Waals surface area contributed by atoms with Crippen LogP contribution in [0.1, 0.15) is 50.7 Å². The predicted molar refractivity (Wildman–Crippen MR) is 135 cm³/mol. The third kappa shape index (κ3) is 5.55. The lowest BCUT2D eigenvalue weighted by molar-refractivity contribution is -0.126. The molecule has 1 atom stereocenters. The van der Waals surface area contributed by atoms with Crippen LogP contribution in [0.2, 0.25) is 5.02 Å². The number of benzene rings is 2. The number of piperidine rings is 1. The number of rotatable bonds is 5. The number of hydrogen-bond donors (Lipinski definition) is 2. The SMILES string of the molecule is CC(C)(C)OC(=O)N1CCC(C(=O)NCC(c2ccccc2Cl)c2c[nH]c3ccccc23)CC1. The topological polar surface area (TPSA) is 74.4 Å². The Morgan fingerprint density at radius 2 is 1.76 bits per heavy atom. The van der Waals surface area contributed by atoms with E-state index >= 15 is 0 Å².